The van der Waals surface area contributed by atoms with E-state index in [4.69, 9.17) is 4.74 Å². The zero-order valence-corrected chi connectivity index (χ0v) is 11.2. The molecule has 0 spiro atoms. The summed E-state index contributed by atoms with van der Waals surface area (Å²) in [6.45, 7) is 8.34. The van der Waals surface area contributed by atoms with E-state index >= 15 is 0 Å². The van der Waals surface area contributed by atoms with Gasteiger partial charge in [0.25, 0.3) is 0 Å². The Morgan fingerprint density at radius 1 is 1.18 bits per heavy atom. The predicted octanol–water partition coefficient (Wildman–Crippen LogP) is 1.63. The highest BCUT2D eigenvalue weighted by Gasteiger charge is 2.43. The summed E-state index contributed by atoms with van der Waals surface area (Å²) in [7, 11) is 0. The van der Waals surface area contributed by atoms with Gasteiger partial charge in [-0.2, -0.15) is 0 Å². The minimum Gasteiger partial charge on any atom is -0.373 e. The average molecular weight is 238 g/mol. The van der Waals surface area contributed by atoms with Gasteiger partial charge in [0.2, 0.25) is 0 Å². The molecule has 3 saturated heterocycles. The normalized spacial score (nSPS) is 48.0. The van der Waals surface area contributed by atoms with Crippen LogP contribution in [0.15, 0.2) is 0 Å². The lowest BCUT2D eigenvalue weighted by atomic mass is 9.92. The summed E-state index contributed by atoms with van der Waals surface area (Å²) in [5.41, 5.74) is 0. The molecule has 98 valence electrons. The molecule has 3 aliphatic rings. The van der Waals surface area contributed by atoms with Gasteiger partial charge < -0.3 is 10.1 Å². The summed E-state index contributed by atoms with van der Waals surface area (Å²) in [4.78, 5) is 2.73. The van der Waals surface area contributed by atoms with Gasteiger partial charge in [-0.05, 0) is 45.1 Å². The highest BCUT2D eigenvalue weighted by atomic mass is 16.5. The van der Waals surface area contributed by atoms with E-state index in [1.54, 1.807) is 0 Å². The van der Waals surface area contributed by atoms with Gasteiger partial charge in [0.05, 0.1) is 12.2 Å². The molecule has 0 aliphatic carbocycles. The molecule has 3 aliphatic heterocycles. The van der Waals surface area contributed by atoms with Crippen molar-refractivity contribution in [1.82, 2.24) is 10.2 Å². The average Bonchev–Trinajstić information content (AvgIpc) is 2.91. The second-order valence-electron chi connectivity index (χ2n) is 6.38. The third kappa shape index (κ3) is 2.51. The van der Waals surface area contributed by atoms with E-state index in [0.717, 1.165) is 12.0 Å². The third-order valence-corrected chi connectivity index (χ3v) is 4.75. The molecule has 3 fully saturated rings. The molecule has 0 radical (unpaired) electrons. The van der Waals surface area contributed by atoms with E-state index in [2.05, 4.69) is 24.1 Å². The van der Waals surface area contributed by atoms with Gasteiger partial charge in [-0.15, -0.1) is 0 Å². The lowest BCUT2D eigenvalue weighted by Crippen LogP contribution is -2.49. The van der Waals surface area contributed by atoms with E-state index in [9.17, 15) is 0 Å². The lowest BCUT2D eigenvalue weighted by molar-refractivity contribution is 0.0600. The Kier molecular flexibility index (Phi) is 3.42. The summed E-state index contributed by atoms with van der Waals surface area (Å²) < 4.78 is 6.01. The molecule has 0 aromatic carbocycles. The summed E-state index contributed by atoms with van der Waals surface area (Å²) in [5, 5.41) is 3.62. The van der Waals surface area contributed by atoms with Crippen LogP contribution in [0, 0.1) is 5.92 Å². The first-order chi connectivity index (χ1) is 8.22. The van der Waals surface area contributed by atoms with Crippen molar-refractivity contribution in [2.75, 3.05) is 19.6 Å². The molecule has 0 aromatic rings. The molecule has 5 atom stereocenters. The fraction of sp³-hybridized carbons (Fsp3) is 1.00. The second kappa shape index (κ2) is 4.87. The topological polar surface area (TPSA) is 24.5 Å². The molecule has 0 amide bonds. The summed E-state index contributed by atoms with van der Waals surface area (Å²) in [6.07, 6.45) is 6.31. The van der Waals surface area contributed by atoms with Crippen molar-refractivity contribution in [2.24, 2.45) is 5.92 Å². The summed E-state index contributed by atoms with van der Waals surface area (Å²) in [5.74, 6) is 0.761. The van der Waals surface area contributed by atoms with Crippen molar-refractivity contribution in [3.63, 3.8) is 0 Å². The van der Waals surface area contributed by atoms with Crippen LogP contribution in [0.4, 0.5) is 0 Å². The van der Waals surface area contributed by atoms with Crippen molar-refractivity contribution in [3.8, 4) is 0 Å². The molecule has 1 N–H and O–H groups in total. The number of rotatable bonds is 1. The van der Waals surface area contributed by atoms with Gasteiger partial charge in [0.15, 0.2) is 0 Å². The van der Waals surface area contributed by atoms with Gasteiger partial charge in [0.1, 0.15) is 0 Å². The molecule has 2 bridgehead atoms. The van der Waals surface area contributed by atoms with Crippen molar-refractivity contribution in [2.45, 2.75) is 63.8 Å². The molecular formula is C14H26N2O. The first-order valence-electron chi connectivity index (χ1n) is 7.35. The van der Waals surface area contributed by atoms with Crippen LogP contribution in [0.3, 0.4) is 0 Å². The fourth-order valence-electron chi connectivity index (χ4n) is 3.72. The first-order valence-corrected chi connectivity index (χ1v) is 7.35. The first kappa shape index (κ1) is 11.9. The molecule has 0 aromatic heterocycles. The molecule has 5 unspecified atom stereocenters. The van der Waals surface area contributed by atoms with E-state index in [-0.39, 0.29) is 0 Å². The smallest absolute Gasteiger partial charge is 0.0735 e. The van der Waals surface area contributed by atoms with Crippen molar-refractivity contribution in [1.29, 1.82) is 0 Å². The maximum atomic E-state index is 6.01. The highest BCUT2D eigenvalue weighted by molar-refractivity contribution is 4.96. The number of ether oxygens (including phenoxy) is 1. The number of nitrogens with zero attached hydrogens (tertiary/aromatic N) is 1. The standard InChI is InChI=1S/C14H26N2O/c1-10-8-15-11(2)5-6-16(9-10)13-7-12-3-4-14(13)17-12/h10-15H,3-9H2,1-2H3. The minimum absolute atomic E-state index is 0.551. The highest BCUT2D eigenvalue weighted by Crippen LogP contribution is 2.37. The Bertz CT molecular complexity index is 271. The molecule has 3 rings (SSSR count). The van der Waals surface area contributed by atoms with Crippen LogP contribution < -0.4 is 5.32 Å². The number of fused-ring (bicyclic) bond motifs is 2. The van der Waals surface area contributed by atoms with E-state index in [1.807, 2.05) is 0 Å². The van der Waals surface area contributed by atoms with E-state index in [1.165, 1.54) is 45.3 Å². The van der Waals surface area contributed by atoms with Crippen LogP contribution in [0.1, 0.15) is 39.5 Å². The van der Waals surface area contributed by atoms with Crippen LogP contribution in [0.2, 0.25) is 0 Å². The lowest BCUT2D eigenvalue weighted by Gasteiger charge is -2.37. The van der Waals surface area contributed by atoms with Gasteiger partial charge in [-0.25, -0.2) is 0 Å². The Labute approximate surface area is 105 Å². The molecular weight excluding hydrogens is 212 g/mol. The molecule has 3 nitrogen and oxygen atoms in total. The maximum absolute atomic E-state index is 6.01. The van der Waals surface area contributed by atoms with Crippen LogP contribution in [-0.4, -0.2) is 48.8 Å². The van der Waals surface area contributed by atoms with Crippen LogP contribution in [-0.2, 0) is 4.74 Å². The monoisotopic (exact) mass is 238 g/mol. The molecule has 3 heterocycles. The maximum Gasteiger partial charge on any atom is 0.0735 e. The third-order valence-electron chi connectivity index (χ3n) is 4.75. The number of hydrogen-bond donors (Lipinski definition) is 1. The zero-order chi connectivity index (χ0) is 11.8. The zero-order valence-electron chi connectivity index (χ0n) is 11.2. The SMILES string of the molecule is CC1CNC(C)CCN(C2CC3CCC2O3)C1. The van der Waals surface area contributed by atoms with E-state index in [0.29, 0.717) is 18.2 Å². The van der Waals surface area contributed by atoms with Gasteiger partial charge >= 0.3 is 0 Å². The van der Waals surface area contributed by atoms with Crippen LogP contribution in [0.25, 0.3) is 0 Å². The Morgan fingerprint density at radius 3 is 2.76 bits per heavy atom. The van der Waals surface area contributed by atoms with Gasteiger partial charge in [0, 0.05) is 25.2 Å². The van der Waals surface area contributed by atoms with Crippen LogP contribution >= 0.6 is 0 Å². The Balaban J connectivity index is 1.64. The molecule has 0 saturated carbocycles. The van der Waals surface area contributed by atoms with E-state index < -0.39 is 0 Å². The van der Waals surface area contributed by atoms with Crippen molar-refractivity contribution < 1.29 is 4.74 Å². The predicted molar refractivity (Wildman–Crippen MR) is 69.1 cm³/mol. The van der Waals surface area contributed by atoms with Crippen molar-refractivity contribution >= 4 is 0 Å². The Morgan fingerprint density at radius 2 is 2.06 bits per heavy atom. The van der Waals surface area contributed by atoms with Crippen LogP contribution in [0.5, 0.6) is 0 Å². The van der Waals surface area contributed by atoms with Gasteiger partial charge in [-0.1, -0.05) is 6.92 Å². The summed E-state index contributed by atoms with van der Waals surface area (Å²) in [6, 6.07) is 1.39. The molecule has 17 heavy (non-hydrogen) atoms. The molecule has 3 heteroatoms. The number of hydrogen-bond acceptors (Lipinski definition) is 3. The largest absolute Gasteiger partial charge is 0.373 e. The quantitative estimate of drug-likeness (QED) is 0.751. The fourth-order valence-corrected chi connectivity index (χ4v) is 3.72. The Hall–Kier alpha value is -0.120. The van der Waals surface area contributed by atoms with Gasteiger partial charge in [-0.3, -0.25) is 4.90 Å². The number of nitrogens with one attached hydrogen (secondary N) is 1. The van der Waals surface area contributed by atoms with Crippen molar-refractivity contribution in [3.05, 3.63) is 0 Å². The minimum atomic E-state index is 0.551. The second-order valence-corrected chi connectivity index (χ2v) is 6.38. The summed E-state index contributed by atoms with van der Waals surface area (Å²) >= 11 is 0.